The van der Waals surface area contributed by atoms with Crippen LogP contribution >= 0.6 is 0 Å². The van der Waals surface area contributed by atoms with E-state index >= 15 is 0 Å². The quantitative estimate of drug-likeness (QED) is 0.779. The first kappa shape index (κ1) is 15.6. The van der Waals surface area contributed by atoms with Crippen molar-refractivity contribution in [3.63, 3.8) is 0 Å². The Hall–Kier alpha value is -3.24. The lowest BCUT2D eigenvalue weighted by atomic mass is 10.2. The fourth-order valence-corrected chi connectivity index (χ4v) is 1.95. The highest BCUT2D eigenvalue weighted by molar-refractivity contribution is 5.90. The molecule has 1 N–H and O–H groups in total. The average molecular weight is 337 g/mol. The molecule has 11 heteroatoms. The van der Waals surface area contributed by atoms with Crippen LogP contribution in [0, 0.1) is 0 Å². The summed E-state index contributed by atoms with van der Waals surface area (Å²) in [5.74, 6) is -0.397. The molecule has 0 aliphatic heterocycles. The molecule has 2 aromatic heterocycles. The summed E-state index contributed by atoms with van der Waals surface area (Å²) in [7, 11) is 0. The third kappa shape index (κ3) is 3.56. The van der Waals surface area contributed by atoms with Crippen LogP contribution in [-0.4, -0.2) is 35.9 Å². The molecular weight excluding hydrogens is 327 g/mol. The van der Waals surface area contributed by atoms with Crippen molar-refractivity contribution in [3.8, 4) is 5.69 Å². The Morgan fingerprint density at radius 2 is 2.12 bits per heavy atom. The van der Waals surface area contributed by atoms with Gasteiger partial charge in [-0.05, 0) is 28.6 Å². The van der Waals surface area contributed by atoms with E-state index in [1.54, 1.807) is 0 Å². The number of anilines is 1. The summed E-state index contributed by atoms with van der Waals surface area (Å²) < 4.78 is 40.7. The van der Waals surface area contributed by atoms with Gasteiger partial charge in [0.1, 0.15) is 12.9 Å². The van der Waals surface area contributed by atoms with E-state index in [1.165, 1.54) is 40.2 Å². The fourth-order valence-electron chi connectivity index (χ4n) is 1.95. The van der Waals surface area contributed by atoms with Crippen LogP contribution in [0.3, 0.4) is 0 Å². The lowest BCUT2D eigenvalue weighted by molar-refractivity contribution is -0.137. The van der Waals surface area contributed by atoms with Crippen LogP contribution < -0.4 is 5.32 Å². The van der Waals surface area contributed by atoms with E-state index in [-0.39, 0.29) is 12.2 Å². The summed E-state index contributed by atoms with van der Waals surface area (Å²) in [6, 6.07) is 4.71. The highest BCUT2D eigenvalue weighted by atomic mass is 19.4. The number of nitrogens with zero attached hydrogens (tertiary/aromatic N) is 6. The summed E-state index contributed by atoms with van der Waals surface area (Å²) in [4.78, 5) is 11.8. The Bertz CT molecular complexity index is 841. The summed E-state index contributed by atoms with van der Waals surface area (Å²) in [5.41, 5.74) is -0.212. The van der Waals surface area contributed by atoms with Crippen molar-refractivity contribution in [2.45, 2.75) is 12.7 Å². The monoisotopic (exact) mass is 337 g/mol. The minimum atomic E-state index is -4.44. The number of aromatic nitrogens is 6. The van der Waals surface area contributed by atoms with Crippen molar-refractivity contribution in [1.82, 2.24) is 30.0 Å². The smallest absolute Gasteiger partial charge is 0.322 e. The molecule has 0 aliphatic rings. The van der Waals surface area contributed by atoms with Gasteiger partial charge in [0.2, 0.25) is 5.91 Å². The Kier molecular flexibility index (Phi) is 3.98. The summed E-state index contributed by atoms with van der Waals surface area (Å²) in [6.07, 6.45) is -0.414. The van der Waals surface area contributed by atoms with Crippen LogP contribution in [0.4, 0.5) is 18.9 Å². The van der Waals surface area contributed by atoms with Crippen LogP contribution in [0.5, 0.6) is 0 Å². The van der Waals surface area contributed by atoms with Gasteiger partial charge in [-0.15, -0.1) is 5.10 Å². The number of halogens is 3. The largest absolute Gasteiger partial charge is 0.416 e. The minimum absolute atomic E-state index is 0.0955. The fraction of sp³-hybridized carbons (Fsp3) is 0.154. The van der Waals surface area contributed by atoms with Crippen molar-refractivity contribution < 1.29 is 18.0 Å². The molecule has 3 aromatic rings. The molecule has 0 unspecified atom stereocenters. The maximum atomic E-state index is 12.7. The van der Waals surface area contributed by atoms with Crippen LogP contribution in [-0.2, 0) is 17.5 Å². The number of carbonyl (C=O) groups excluding carboxylic acids is 1. The zero-order chi connectivity index (χ0) is 17.2. The molecule has 1 amide bonds. The normalized spacial score (nSPS) is 11.5. The van der Waals surface area contributed by atoms with E-state index in [2.05, 4.69) is 25.9 Å². The van der Waals surface area contributed by atoms with Gasteiger partial charge in [0.25, 0.3) is 0 Å². The van der Waals surface area contributed by atoms with E-state index in [9.17, 15) is 18.0 Å². The summed E-state index contributed by atoms with van der Waals surface area (Å²) in [5, 5.41) is 16.8. The second-order valence-corrected chi connectivity index (χ2v) is 4.78. The predicted molar refractivity (Wildman–Crippen MR) is 75.0 cm³/mol. The van der Waals surface area contributed by atoms with Crippen molar-refractivity contribution in [2.24, 2.45) is 0 Å². The van der Waals surface area contributed by atoms with Gasteiger partial charge in [-0.25, -0.2) is 9.36 Å². The van der Waals surface area contributed by atoms with Crippen molar-refractivity contribution in [1.29, 1.82) is 0 Å². The van der Waals surface area contributed by atoms with Crippen molar-refractivity contribution >= 4 is 11.6 Å². The average Bonchev–Trinajstić information content (AvgIpc) is 3.18. The van der Waals surface area contributed by atoms with Gasteiger partial charge in [-0.2, -0.15) is 18.3 Å². The van der Waals surface area contributed by atoms with Crippen molar-refractivity contribution in [2.75, 3.05) is 5.32 Å². The number of hydrogen-bond acceptors (Lipinski definition) is 5. The Morgan fingerprint density at radius 1 is 1.29 bits per heavy atom. The molecule has 24 heavy (non-hydrogen) atoms. The number of rotatable bonds is 4. The van der Waals surface area contributed by atoms with Gasteiger partial charge >= 0.3 is 6.18 Å². The van der Waals surface area contributed by atoms with Gasteiger partial charge in [-0.1, -0.05) is 6.07 Å². The van der Waals surface area contributed by atoms with Gasteiger partial charge in [0.15, 0.2) is 0 Å². The number of amides is 1. The van der Waals surface area contributed by atoms with Gasteiger partial charge in [-0.3, -0.25) is 4.79 Å². The summed E-state index contributed by atoms with van der Waals surface area (Å²) >= 11 is 0. The first-order valence-corrected chi connectivity index (χ1v) is 6.65. The molecular formula is C13H10F3N7O. The predicted octanol–water partition coefficient (Wildman–Crippen LogP) is 1.52. The molecule has 0 saturated carbocycles. The molecule has 0 fully saturated rings. The third-order valence-electron chi connectivity index (χ3n) is 3.00. The molecule has 0 spiro atoms. The third-order valence-corrected chi connectivity index (χ3v) is 3.00. The molecule has 8 nitrogen and oxygen atoms in total. The van der Waals surface area contributed by atoms with Gasteiger partial charge in [0, 0.05) is 0 Å². The van der Waals surface area contributed by atoms with E-state index in [1.807, 2.05) is 0 Å². The number of hydrogen-bond donors (Lipinski definition) is 1. The molecule has 0 aliphatic carbocycles. The SMILES string of the molecule is O=C(Cn1cnnn1)Nc1cnn(-c2cccc(C(F)(F)F)c2)c1. The molecule has 2 heterocycles. The lowest BCUT2D eigenvalue weighted by Gasteiger charge is -2.08. The minimum Gasteiger partial charge on any atom is -0.322 e. The highest BCUT2D eigenvalue weighted by Crippen LogP contribution is 2.30. The molecule has 3 rings (SSSR count). The molecule has 0 radical (unpaired) electrons. The Balaban J connectivity index is 1.72. The zero-order valence-electron chi connectivity index (χ0n) is 12.0. The van der Waals surface area contributed by atoms with Crippen LogP contribution in [0.1, 0.15) is 5.56 Å². The topological polar surface area (TPSA) is 90.5 Å². The Morgan fingerprint density at radius 3 is 2.83 bits per heavy atom. The number of tetrazole rings is 1. The van der Waals surface area contributed by atoms with E-state index < -0.39 is 17.6 Å². The number of benzene rings is 1. The molecule has 124 valence electrons. The maximum Gasteiger partial charge on any atom is 0.416 e. The standard InChI is InChI=1S/C13H10F3N7O/c14-13(15,16)9-2-1-3-11(4-9)23-6-10(5-18-23)19-12(24)7-22-8-17-20-21-22/h1-6,8H,7H2,(H,19,24). The highest BCUT2D eigenvalue weighted by Gasteiger charge is 2.30. The molecule has 0 saturated heterocycles. The second kappa shape index (κ2) is 6.10. The second-order valence-electron chi connectivity index (χ2n) is 4.78. The van der Waals surface area contributed by atoms with Crippen LogP contribution in [0.25, 0.3) is 5.69 Å². The lowest BCUT2D eigenvalue weighted by Crippen LogP contribution is -2.18. The number of nitrogens with one attached hydrogen (secondary N) is 1. The van der Waals surface area contributed by atoms with E-state index in [0.29, 0.717) is 5.69 Å². The summed E-state index contributed by atoms with van der Waals surface area (Å²) in [6.45, 7) is -0.0955. The van der Waals surface area contributed by atoms with E-state index in [4.69, 9.17) is 0 Å². The van der Waals surface area contributed by atoms with Crippen LogP contribution in [0.15, 0.2) is 43.0 Å². The van der Waals surface area contributed by atoms with Gasteiger partial charge < -0.3 is 5.32 Å². The molecule has 0 bridgehead atoms. The number of carbonyl (C=O) groups is 1. The molecule has 1 aromatic carbocycles. The number of alkyl halides is 3. The van der Waals surface area contributed by atoms with Crippen molar-refractivity contribution in [3.05, 3.63) is 48.5 Å². The van der Waals surface area contributed by atoms with Crippen LogP contribution in [0.2, 0.25) is 0 Å². The van der Waals surface area contributed by atoms with E-state index in [0.717, 1.165) is 12.1 Å². The first-order valence-electron chi connectivity index (χ1n) is 6.65. The van der Waals surface area contributed by atoms with Gasteiger partial charge in [0.05, 0.1) is 29.3 Å². The first-order chi connectivity index (χ1) is 11.4. The maximum absolute atomic E-state index is 12.7. The zero-order valence-corrected chi connectivity index (χ0v) is 12.0. The Labute approximate surface area is 132 Å². The molecule has 0 atom stereocenters.